The van der Waals surface area contributed by atoms with Crippen LogP contribution in [0.4, 0.5) is 0 Å². The molecule has 0 saturated carbocycles. The van der Waals surface area contributed by atoms with Crippen LogP contribution in [-0.2, 0) is 20.7 Å². The monoisotopic (exact) mass is 402 g/mol. The van der Waals surface area contributed by atoms with Crippen LogP contribution in [0.3, 0.4) is 0 Å². The standard InChI is InChI=1S/C20H26N4O3S/c25-17(11-15-13-24-9-10-28-19(24)21-15)23-7-3-20(4-8-23)12-16(27-18(20)26)14-22-5-1-2-6-22/h9-10,13,16H,1-8,11-12,14H2. The number of hydrogen-bond acceptors (Lipinski definition) is 6. The summed E-state index contributed by atoms with van der Waals surface area (Å²) < 4.78 is 7.69. The molecule has 1 amide bonds. The summed E-state index contributed by atoms with van der Waals surface area (Å²) >= 11 is 1.57. The van der Waals surface area contributed by atoms with Gasteiger partial charge >= 0.3 is 5.97 Å². The first-order chi connectivity index (χ1) is 13.6. The van der Waals surface area contributed by atoms with Gasteiger partial charge in [0.05, 0.1) is 17.5 Å². The maximum atomic E-state index is 12.7. The SMILES string of the molecule is O=C(Cc1cn2ccsc2n1)N1CCC2(CC1)CC(CN1CCCC1)OC2=O. The van der Waals surface area contributed by atoms with E-state index in [1.54, 1.807) is 11.3 Å². The highest BCUT2D eigenvalue weighted by atomic mass is 32.1. The Kier molecular flexibility index (Phi) is 4.63. The van der Waals surface area contributed by atoms with Crippen LogP contribution in [0.2, 0.25) is 0 Å². The van der Waals surface area contributed by atoms with Crippen molar-refractivity contribution in [3.05, 3.63) is 23.5 Å². The molecule has 2 aromatic heterocycles. The molecule has 5 rings (SSSR count). The molecule has 0 radical (unpaired) electrons. The Morgan fingerprint density at radius 3 is 2.79 bits per heavy atom. The molecule has 3 aliphatic rings. The van der Waals surface area contributed by atoms with E-state index in [9.17, 15) is 9.59 Å². The van der Waals surface area contributed by atoms with E-state index >= 15 is 0 Å². The number of aromatic nitrogens is 2. The van der Waals surface area contributed by atoms with E-state index in [1.165, 1.54) is 12.8 Å². The van der Waals surface area contributed by atoms with Gasteiger partial charge in [-0.15, -0.1) is 11.3 Å². The Morgan fingerprint density at radius 1 is 1.25 bits per heavy atom. The number of rotatable bonds is 4. The van der Waals surface area contributed by atoms with Crippen molar-refractivity contribution >= 4 is 28.2 Å². The van der Waals surface area contributed by atoms with E-state index < -0.39 is 0 Å². The van der Waals surface area contributed by atoms with Gasteiger partial charge in [0.15, 0.2) is 4.96 Å². The van der Waals surface area contributed by atoms with Gasteiger partial charge < -0.3 is 9.64 Å². The predicted molar refractivity (Wildman–Crippen MR) is 105 cm³/mol. The molecule has 1 unspecified atom stereocenters. The lowest BCUT2D eigenvalue weighted by molar-refractivity contribution is -0.152. The summed E-state index contributed by atoms with van der Waals surface area (Å²) in [6.45, 7) is 4.37. The Bertz CT molecular complexity index is 849. The van der Waals surface area contributed by atoms with Crippen molar-refractivity contribution in [2.24, 2.45) is 5.41 Å². The van der Waals surface area contributed by atoms with Crippen molar-refractivity contribution in [2.45, 2.75) is 44.6 Å². The molecule has 3 fully saturated rings. The second-order valence-corrected chi connectivity index (χ2v) is 9.28. The molecule has 5 heterocycles. The molecule has 3 aliphatic heterocycles. The second kappa shape index (κ2) is 7.15. The number of piperidine rings is 1. The smallest absolute Gasteiger partial charge is 0.312 e. The number of ether oxygens (including phenoxy) is 1. The van der Waals surface area contributed by atoms with Crippen molar-refractivity contribution < 1.29 is 14.3 Å². The summed E-state index contributed by atoms with van der Waals surface area (Å²) in [4.78, 5) is 35.0. The minimum Gasteiger partial charge on any atom is -0.461 e. The zero-order valence-corrected chi connectivity index (χ0v) is 16.8. The number of amides is 1. The molecule has 0 aromatic carbocycles. The Balaban J connectivity index is 1.16. The third kappa shape index (κ3) is 3.33. The summed E-state index contributed by atoms with van der Waals surface area (Å²) in [6, 6.07) is 0. The molecule has 7 nitrogen and oxygen atoms in total. The number of likely N-dealkylation sites (tertiary alicyclic amines) is 2. The predicted octanol–water partition coefficient (Wildman–Crippen LogP) is 1.96. The molecule has 3 saturated heterocycles. The maximum Gasteiger partial charge on any atom is 0.312 e. The van der Waals surface area contributed by atoms with E-state index in [4.69, 9.17) is 4.74 Å². The van der Waals surface area contributed by atoms with Crippen LogP contribution in [0.15, 0.2) is 17.8 Å². The van der Waals surface area contributed by atoms with Gasteiger partial charge in [-0.05, 0) is 38.8 Å². The molecular formula is C20H26N4O3S. The minimum absolute atomic E-state index is 0.0198. The first kappa shape index (κ1) is 18.1. The van der Waals surface area contributed by atoms with E-state index in [0.29, 0.717) is 32.4 Å². The molecule has 0 aliphatic carbocycles. The fourth-order valence-electron chi connectivity index (χ4n) is 4.91. The molecule has 150 valence electrons. The minimum atomic E-state index is -0.377. The summed E-state index contributed by atoms with van der Waals surface area (Å²) in [5.41, 5.74) is 0.432. The van der Waals surface area contributed by atoms with Crippen LogP contribution in [-0.4, -0.2) is 69.9 Å². The lowest BCUT2D eigenvalue weighted by atomic mass is 9.76. The highest BCUT2D eigenvalue weighted by molar-refractivity contribution is 7.15. The summed E-state index contributed by atoms with van der Waals surface area (Å²) in [5, 5.41) is 1.98. The van der Waals surface area contributed by atoms with Crippen molar-refractivity contribution in [2.75, 3.05) is 32.7 Å². The molecule has 1 spiro atoms. The topological polar surface area (TPSA) is 67.2 Å². The molecule has 0 bridgehead atoms. The molecule has 2 aromatic rings. The van der Waals surface area contributed by atoms with Crippen molar-refractivity contribution in [1.29, 1.82) is 0 Å². The summed E-state index contributed by atoms with van der Waals surface area (Å²) in [7, 11) is 0. The maximum absolute atomic E-state index is 12.7. The average molecular weight is 403 g/mol. The molecular weight excluding hydrogens is 376 g/mol. The van der Waals surface area contributed by atoms with Crippen molar-refractivity contribution in [3.8, 4) is 0 Å². The Labute approximate surface area is 168 Å². The zero-order chi connectivity index (χ0) is 19.1. The highest BCUT2D eigenvalue weighted by Gasteiger charge is 2.51. The number of carbonyl (C=O) groups is 2. The van der Waals surface area contributed by atoms with Gasteiger partial charge in [0.2, 0.25) is 5.91 Å². The number of hydrogen-bond donors (Lipinski definition) is 0. The van der Waals surface area contributed by atoms with Crippen LogP contribution < -0.4 is 0 Å². The lowest BCUT2D eigenvalue weighted by Crippen LogP contribution is -2.45. The summed E-state index contributed by atoms with van der Waals surface area (Å²) in [5.74, 6) is 0.0544. The van der Waals surface area contributed by atoms with Crippen LogP contribution in [0, 0.1) is 5.41 Å². The van der Waals surface area contributed by atoms with E-state index in [2.05, 4.69) is 9.88 Å². The second-order valence-electron chi connectivity index (χ2n) is 8.40. The van der Waals surface area contributed by atoms with E-state index in [-0.39, 0.29) is 23.4 Å². The van der Waals surface area contributed by atoms with Gasteiger partial charge in [0.25, 0.3) is 0 Å². The fourth-order valence-corrected chi connectivity index (χ4v) is 5.63. The van der Waals surface area contributed by atoms with E-state index in [0.717, 1.165) is 36.7 Å². The van der Waals surface area contributed by atoms with Crippen molar-refractivity contribution in [3.63, 3.8) is 0 Å². The first-order valence-corrected chi connectivity index (χ1v) is 11.1. The number of imidazole rings is 1. The first-order valence-electron chi connectivity index (χ1n) is 10.2. The number of esters is 1. The molecule has 8 heteroatoms. The third-order valence-electron chi connectivity index (χ3n) is 6.53. The normalized spacial score (nSPS) is 25.1. The Hall–Kier alpha value is -1.93. The van der Waals surface area contributed by atoms with Gasteiger partial charge in [0.1, 0.15) is 6.10 Å². The molecule has 0 N–H and O–H groups in total. The van der Waals surface area contributed by atoms with Crippen LogP contribution in [0.5, 0.6) is 0 Å². The van der Waals surface area contributed by atoms with Gasteiger partial charge in [0, 0.05) is 43.8 Å². The van der Waals surface area contributed by atoms with E-state index in [1.807, 2.05) is 27.1 Å². The summed E-state index contributed by atoms with van der Waals surface area (Å²) in [6.07, 6.45) is 8.95. The van der Waals surface area contributed by atoms with Crippen LogP contribution in [0.1, 0.15) is 37.8 Å². The number of nitrogens with zero attached hydrogens (tertiary/aromatic N) is 4. The van der Waals surface area contributed by atoms with Gasteiger partial charge in [-0.25, -0.2) is 4.98 Å². The number of carbonyl (C=O) groups excluding carboxylic acids is 2. The molecule has 1 atom stereocenters. The average Bonchev–Trinajstić information content (AvgIpc) is 3.43. The Morgan fingerprint density at radius 2 is 2.04 bits per heavy atom. The van der Waals surface area contributed by atoms with Crippen LogP contribution >= 0.6 is 11.3 Å². The third-order valence-corrected chi connectivity index (χ3v) is 7.31. The number of thiazole rings is 1. The molecule has 28 heavy (non-hydrogen) atoms. The fraction of sp³-hybridized carbons (Fsp3) is 0.650. The number of cyclic esters (lactones) is 1. The zero-order valence-electron chi connectivity index (χ0n) is 16.0. The quantitative estimate of drug-likeness (QED) is 0.732. The van der Waals surface area contributed by atoms with Gasteiger partial charge in [-0.3, -0.25) is 18.9 Å². The van der Waals surface area contributed by atoms with Gasteiger partial charge in [-0.2, -0.15) is 0 Å². The van der Waals surface area contributed by atoms with Crippen LogP contribution in [0.25, 0.3) is 4.96 Å². The van der Waals surface area contributed by atoms with Crippen molar-refractivity contribution in [1.82, 2.24) is 19.2 Å². The highest BCUT2D eigenvalue weighted by Crippen LogP contribution is 2.43. The lowest BCUT2D eigenvalue weighted by Gasteiger charge is -2.36. The number of fused-ring (bicyclic) bond motifs is 1. The van der Waals surface area contributed by atoms with Gasteiger partial charge in [-0.1, -0.05) is 0 Å². The largest absolute Gasteiger partial charge is 0.461 e.